The van der Waals surface area contributed by atoms with Crippen LogP contribution in [0.5, 0.6) is 0 Å². The molecule has 0 radical (unpaired) electrons. The van der Waals surface area contributed by atoms with Crippen molar-refractivity contribution in [2.24, 2.45) is 11.8 Å². The summed E-state index contributed by atoms with van der Waals surface area (Å²) in [6.45, 7) is 8.31. The third-order valence-electron chi connectivity index (χ3n) is 4.15. The number of hydrogen-bond donors (Lipinski definition) is 1. The lowest BCUT2D eigenvalue weighted by atomic mass is 9.83. The SMILES string of the molecule is Cc1ccc(CC(O)C2C(C)OC(C)C2C)nc1. The maximum atomic E-state index is 10.4. The smallest absolute Gasteiger partial charge is 0.0651 e. The third kappa shape index (κ3) is 2.73. The molecule has 18 heavy (non-hydrogen) atoms. The fourth-order valence-electron chi connectivity index (χ4n) is 2.93. The second kappa shape index (κ2) is 5.37. The molecule has 1 N–H and O–H groups in total. The molecule has 0 spiro atoms. The number of nitrogens with zero attached hydrogens (tertiary/aromatic N) is 1. The predicted molar refractivity (Wildman–Crippen MR) is 71.3 cm³/mol. The van der Waals surface area contributed by atoms with E-state index >= 15 is 0 Å². The monoisotopic (exact) mass is 249 g/mol. The number of aliphatic hydroxyl groups is 1. The Bertz CT molecular complexity index is 390. The van der Waals surface area contributed by atoms with Crippen molar-refractivity contribution >= 4 is 0 Å². The highest BCUT2D eigenvalue weighted by atomic mass is 16.5. The van der Waals surface area contributed by atoms with Crippen molar-refractivity contribution < 1.29 is 9.84 Å². The number of aryl methyl sites for hydroxylation is 1. The molecule has 1 aliphatic rings. The van der Waals surface area contributed by atoms with E-state index in [1.807, 2.05) is 25.3 Å². The van der Waals surface area contributed by atoms with Crippen LogP contribution in [-0.4, -0.2) is 28.4 Å². The van der Waals surface area contributed by atoms with E-state index in [9.17, 15) is 5.11 Å². The molecule has 1 aromatic rings. The summed E-state index contributed by atoms with van der Waals surface area (Å²) in [5.74, 6) is 0.587. The molecular weight excluding hydrogens is 226 g/mol. The van der Waals surface area contributed by atoms with E-state index in [1.54, 1.807) is 0 Å². The van der Waals surface area contributed by atoms with Gasteiger partial charge in [0.25, 0.3) is 0 Å². The van der Waals surface area contributed by atoms with Crippen molar-refractivity contribution in [2.45, 2.75) is 52.4 Å². The van der Waals surface area contributed by atoms with Gasteiger partial charge in [0.05, 0.1) is 18.3 Å². The fraction of sp³-hybridized carbons (Fsp3) is 0.667. The molecule has 0 amide bonds. The summed E-state index contributed by atoms with van der Waals surface area (Å²) in [6, 6.07) is 4.03. The van der Waals surface area contributed by atoms with E-state index in [2.05, 4.69) is 25.8 Å². The van der Waals surface area contributed by atoms with Crippen LogP contribution < -0.4 is 0 Å². The number of pyridine rings is 1. The molecule has 0 saturated carbocycles. The van der Waals surface area contributed by atoms with Crippen molar-refractivity contribution in [3.8, 4) is 0 Å². The summed E-state index contributed by atoms with van der Waals surface area (Å²) >= 11 is 0. The molecule has 1 saturated heterocycles. The number of aromatic nitrogens is 1. The van der Waals surface area contributed by atoms with Gasteiger partial charge < -0.3 is 9.84 Å². The van der Waals surface area contributed by atoms with E-state index in [0.717, 1.165) is 11.3 Å². The van der Waals surface area contributed by atoms with Crippen LogP contribution >= 0.6 is 0 Å². The average Bonchev–Trinajstić information content (AvgIpc) is 2.56. The second-order valence-electron chi connectivity index (χ2n) is 5.58. The van der Waals surface area contributed by atoms with Crippen LogP contribution in [0.25, 0.3) is 0 Å². The standard InChI is InChI=1S/C15H23NO2/c1-9-5-6-13(16-8-9)7-14(17)15-10(2)11(3)18-12(15)4/h5-6,8,10-12,14-15,17H,7H2,1-4H3. The van der Waals surface area contributed by atoms with Crippen molar-refractivity contribution in [3.05, 3.63) is 29.6 Å². The molecule has 5 atom stereocenters. The van der Waals surface area contributed by atoms with Crippen LogP contribution in [0.1, 0.15) is 32.0 Å². The molecule has 1 fully saturated rings. The van der Waals surface area contributed by atoms with Crippen molar-refractivity contribution in [1.29, 1.82) is 0 Å². The highest BCUT2D eigenvalue weighted by Crippen LogP contribution is 2.35. The maximum absolute atomic E-state index is 10.4. The highest BCUT2D eigenvalue weighted by Gasteiger charge is 2.41. The number of rotatable bonds is 3. The van der Waals surface area contributed by atoms with Gasteiger partial charge in [0.1, 0.15) is 0 Å². The topological polar surface area (TPSA) is 42.4 Å². The van der Waals surface area contributed by atoms with Crippen molar-refractivity contribution in [3.63, 3.8) is 0 Å². The van der Waals surface area contributed by atoms with Gasteiger partial charge in [0.15, 0.2) is 0 Å². The Morgan fingerprint density at radius 1 is 1.28 bits per heavy atom. The molecule has 100 valence electrons. The Morgan fingerprint density at radius 2 is 2.00 bits per heavy atom. The van der Waals surface area contributed by atoms with Crippen molar-refractivity contribution in [1.82, 2.24) is 4.98 Å². The van der Waals surface area contributed by atoms with Crippen LogP contribution in [-0.2, 0) is 11.2 Å². The lowest BCUT2D eigenvalue weighted by Gasteiger charge is -2.24. The zero-order valence-corrected chi connectivity index (χ0v) is 11.6. The normalized spacial score (nSPS) is 33.6. The molecule has 1 aromatic heterocycles. The zero-order valence-electron chi connectivity index (χ0n) is 11.6. The summed E-state index contributed by atoms with van der Waals surface area (Å²) in [5.41, 5.74) is 2.10. The minimum absolute atomic E-state index is 0.121. The second-order valence-corrected chi connectivity index (χ2v) is 5.58. The molecule has 0 bridgehead atoms. The first-order valence-electron chi connectivity index (χ1n) is 6.74. The van der Waals surface area contributed by atoms with Gasteiger partial charge in [-0.25, -0.2) is 0 Å². The number of hydrogen-bond acceptors (Lipinski definition) is 3. The molecule has 3 nitrogen and oxygen atoms in total. The number of aliphatic hydroxyl groups excluding tert-OH is 1. The Kier molecular flexibility index (Phi) is 4.03. The van der Waals surface area contributed by atoms with Gasteiger partial charge in [-0.2, -0.15) is 0 Å². The quantitative estimate of drug-likeness (QED) is 0.894. The summed E-state index contributed by atoms with van der Waals surface area (Å²) in [6.07, 6.45) is 2.43. The Hall–Kier alpha value is -0.930. The van der Waals surface area contributed by atoms with Gasteiger partial charge in [-0.1, -0.05) is 13.0 Å². The fourth-order valence-corrected chi connectivity index (χ4v) is 2.93. The van der Waals surface area contributed by atoms with Crippen LogP contribution in [0.2, 0.25) is 0 Å². The van der Waals surface area contributed by atoms with Crippen LogP contribution in [0, 0.1) is 18.8 Å². The van der Waals surface area contributed by atoms with Crippen LogP contribution in [0.15, 0.2) is 18.3 Å². The number of ether oxygens (including phenoxy) is 1. The molecule has 0 aliphatic carbocycles. The van der Waals surface area contributed by atoms with Gasteiger partial charge >= 0.3 is 0 Å². The van der Waals surface area contributed by atoms with E-state index in [-0.39, 0.29) is 24.2 Å². The zero-order chi connectivity index (χ0) is 13.3. The molecule has 5 unspecified atom stereocenters. The molecule has 3 heteroatoms. The predicted octanol–water partition coefficient (Wildman–Crippen LogP) is 2.35. The highest BCUT2D eigenvalue weighted by molar-refractivity contribution is 5.13. The Morgan fingerprint density at radius 3 is 2.50 bits per heavy atom. The minimum atomic E-state index is -0.379. The van der Waals surface area contributed by atoms with E-state index in [1.165, 1.54) is 0 Å². The summed E-state index contributed by atoms with van der Waals surface area (Å²) in [7, 11) is 0. The molecular formula is C15H23NO2. The van der Waals surface area contributed by atoms with Gasteiger partial charge in [-0.15, -0.1) is 0 Å². The summed E-state index contributed by atoms with van der Waals surface area (Å²) in [5, 5.41) is 10.4. The summed E-state index contributed by atoms with van der Waals surface area (Å²) in [4.78, 5) is 4.36. The largest absolute Gasteiger partial charge is 0.392 e. The summed E-state index contributed by atoms with van der Waals surface area (Å²) < 4.78 is 5.78. The van der Waals surface area contributed by atoms with Gasteiger partial charge in [0.2, 0.25) is 0 Å². The first-order chi connectivity index (χ1) is 8.49. The average molecular weight is 249 g/mol. The van der Waals surface area contributed by atoms with Crippen LogP contribution in [0.3, 0.4) is 0 Å². The molecule has 2 rings (SSSR count). The van der Waals surface area contributed by atoms with Gasteiger partial charge in [-0.05, 0) is 38.3 Å². The molecule has 2 heterocycles. The van der Waals surface area contributed by atoms with Crippen LogP contribution in [0.4, 0.5) is 0 Å². The Balaban J connectivity index is 2.03. The molecule has 1 aliphatic heterocycles. The molecule has 0 aromatic carbocycles. The Labute approximate surface area is 109 Å². The lowest BCUT2D eigenvalue weighted by Crippen LogP contribution is -2.32. The first-order valence-corrected chi connectivity index (χ1v) is 6.74. The van der Waals surface area contributed by atoms with E-state index in [4.69, 9.17) is 4.74 Å². The minimum Gasteiger partial charge on any atom is -0.392 e. The van der Waals surface area contributed by atoms with Gasteiger partial charge in [-0.3, -0.25) is 4.98 Å². The first kappa shape index (κ1) is 13.5. The van der Waals surface area contributed by atoms with E-state index < -0.39 is 0 Å². The lowest BCUT2D eigenvalue weighted by molar-refractivity contribution is 0.0237. The van der Waals surface area contributed by atoms with Crippen molar-refractivity contribution in [2.75, 3.05) is 0 Å². The van der Waals surface area contributed by atoms with E-state index in [0.29, 0.717) is 12.3 Å². The van der Waals surface area contributed by atoms with Gasteiger partial charge in [0, 0.05) is 24.2 Å². The maximum Gasteiger partial charge on any atom is 0.0651 e. The third-order valence-corrected chi connectivity index (χ3v) is 4.15.